The van der Waals surface area contributed by atoms with Gasteiger partial charge in [-0.1, -0.05) is 13.8 Å². The molecule has 8 nitrogen and oxygen atoms in total. The number of benzene rings is 1. The Morgan fingerprint density at radius 1 is 1.26 bits per heavy atom. The van der Waals surface area contributed by atoms with Gasteiger partial charge < -0.3 is 25.2 Å². The van der Waals surface area contributed by atoms with Gasteiger partial charge in [-0.2, -0.15) is 0 Å². The van der Waals surface area contributed by atoms with Crippen LogP contribution in [0.25, 0.3) is 0 Å². The molecule has 0 radical (unpaired) electrons. The number of amides is 2. The lowest BCUT2D eigenvalue weighted by Crippen LogP contribution is -2.49. The molecule has 1 aromatic heterocycles. The number of ether oxygens (including phenoxy) is 1. The second kappa shape index (κ2) is 9.08. The monoisotopic (exact) mass is 473 g/mol. The van der Waals surface area contributed by atoms with Crippen molar-refractivity contribution in [2.45, 2.75) is 39.3 Å². The minimum atomic E-state index is -0.913. The number of nitrogens with zero attached hydrogens (tertiary/aromatic N) is 3. The lowest BCUT2D eigenvalue weighted by atomic mass is 9.98. The Morgan fingerprint density at radius 2 is 1.94 bits per heavy atom. The quantitative estimate of drug-likeness (QED) is 0.692. The molecule has 1 fully saturated rings. The van der Waals surface area contributed by atoms with Crippen LogP contribution in [-0.4, -0.2) is 61.0 Å². The molecule has 2 amide bonds. The van der Waals surface area contributed by atoms with E-state index >= 15 is 0 Å². The first-order chi connectivity index (χ1) is 16.1. The Kier molecular flexibility index (Phi) is 6.33. The van der Waals surface area contributed by atoms with E-state index in [1.54, 1.807) is 4.90 Å². The fraction of sp³-hybridized carbons (Fsp3) is 0.458. The number of rotatable bonds is 5. The van der Waals surface area contributed by atoms with Crippen molar-refractivity contribution >= 4 is 29.0 Å². The topological polar surface area (TPSA) is 86.8 Å². The second-order valence-electron chi connectivity index (χ2n) is 9.13. The number of likely N-dealkylation sites (tertiary alicyclic amines) is 1. The Labute approximate surface area is 197 Å². The van der Waals surface area contributed by atoms with Crippen molar-refractivity contribution in [1.82, 2.24) is 9.88 Å². The summed E-state index contributed by atoms with van der Waals surface area (Å²) in [6.07, 6.45) is 0.659. The minimum absolute atomic E-state index is 0.0491. The van der Waals surface area contributed by atoms with Gasteiger partial charge in [0.05, 0.1) is 24.2 Å². The van der Waals surface area contributed by atoms with E-state index in [9.17, 15) is 18.4 Å². The number of aromatic nitrogens is 1. The van der Waals surface area contributed by atoms with Crippen molar-refractivity contribution in [3.63, 3.8) is 0 Å². The third-order valence-electron chi connectivity index (χ3n) is 6.40. The lowest BCUT2D eigenvalue weighted by molar-refractivity contribution is -0.118. The van der Waals surface area contributed by atoms with E-state index < -0.39 is 23.3 Å². The minimum Gasteiger partial charge on any atom is -0.491 e. The molecule has 2 aliphatic rings. The number of hydrogen-bond donors (Lipinski definition) is 2. The Hall–Kier alpha value is -3.43. The highest BCUT2D eigenvalue weighted by molar-refractivity contribution is 6.04. The lowest BCUT2D eigenvalue weighted by Gasteiger charge is -2.38. The molecule has 2 atom stereocenters. The molecule has 0 bridgehead atoms. The van der Waals surface area contributed by atoms with E-state index in [1.807, 2.05) is 38.8 Å². The highest BCUT2D eigenvalue weighted by atomic mass is 19.1. The number of nitrogens with one attached hydrogen (secondary N) is 2. The molecule has 4 rings (SSSR count). The van der Waals surface area contributed by atoms with Crippen LogP contribution in [0.15, 0.2) is 18.2 Å². The summed E-state index contributed by atoms with van der Waals surface area (Å²) in [6.45, 7) is 6.66. The number of carbonyl (C=O) groups excluding carboxylic acids is 2. The van der Waals surface area contributed by atoms with Crippen molar-refractivity contribution in [3.05, 3.63) is 41.1 Å². The molecule has 2 aliphatic heterocycles. The third-order valence-corrected chi connectivity index (χ3v) is 6.40. The molecular weight excluding hydrogens is 444 g/mol. The summed E-state index contributed by atoms with van der Waals surface area (Å²) < 4.78 is 32.8. The van der Waals surface area contributed by atoms with Crippen LogP contribution in [0.5, 0.6) is 5.75 Å². The number of anilines is 3. The molecule has 2 aromatic rings. The molecule has 0 saturated carbocycles. The van der Waals surface area contributed by atoms with Gasteiger partial charge in [0.15, 0.2) is 17.4 Å². The SMILES string of the molecule is COc1c(F)cc(C(=O)N2CC[C@@H](Nc3cc4c(c(C)n3)NC(=O)C(C(C)C)N4C)C2)cc1F. The maximum absolute atomic E-state index is 14.0. The Balaban J connectivity index is 1.49. The second-order valence-corrected chi connectivity index (χ2v) is 9.13. The van der Waals surface area contributed by atoms with Gasteiger partial charge in [-0.15, -0.1) is 0 Å². The van der Waals surface area contributed by atoms with Gasteiger partial charge in [0.2, 0.25) is 5.91 Å². The summed E-state index contributed by atoms with van der Waals surface area (Å²) in [4.78, 5) is 33.5. The van der Waals surface area contributed by atoms with Crippen molar-refractivity contribution in [2.75, 3.05) is 42.8 Å². The molecular formula is C24H29F2N5O3. The van der Waals surface area contributed by atoms with E-state index in [0.717, 1.165) is 17.8 Å². The number of hydrogen-bond acceptors (Lipinski definition) is 6. The zero-order valence-electron chi connectivity index (χ0n) is 19.9. The molecule has 3 heterocycles. The third kappa shape index (κ3) is 4.24. The van der Waals surface area contributed by atoms with Gasteiger partial charge in [0, 0.05) is 37.8 Å². The van der Waals surface area contributed by atoms with Crippen molar-refractivity contribution in [1.29, 1.82) is 0 Å². The predicted octanol–water partition coefficient (Wildman–Crippen LogP) is 3.42. The molecule has 0 spiro atoms. The van der Waals surface area contributed by atoms with Crippen molar-refractivity contribution in [2.24, 2.45) is 5.92 Å². The molecule has 0 aliphatic carbocycles. The predicted molar refractivity (Wildman–Crippen MR) is 125 cm³/mol. The number of fused-ring (bicyclic) bond motifs is 1. The van der Waals surface area contributed by atoms with E-state index in [1.165, 1.54) is 7.11 Å². The molecule has 182 valence electrons. The van der Waals surface area contributed by atoms with Crippen LogP contribution in [0.1, 0.15) is 36.3 Å². The zero-order valence-corrected chi connectivity index (χ0v) is 19.9. The summed E-state index contributed by atoms with van der Waals surface area (Å²) in [7, 11) is 3.07. The van der Waals surface area contributed by atoms with Crippen LogP contribution in [0.4, 0.5) is 26.0 Å². The van der Waals surface area contributed by atoms with Crippen LogP contribution in [0, 0.1) is 24.5 Å². The highest BCUT2D eigenvalue weighted by Crippen LogP contribution is 2.37. The average molecular weight is 474 g/mol. The van der Waals surface area contributed by atoms with Crippen LogP contribution in [0.2, 0.25) is 0 Å². The van der Waals surface area contributed by atoms with E-state index in [4.69, 9.17) is 0 Å². The first-order valence-electron chi connectivity index (χ1n) is 11.2. The van der Waals surface area contributed by atoms with Gasteiger partial charge in [0.1, 0.15) is 11.9 Å². The molecule has 1 saturated heterocycles. The fourth-order valence-corrected chi connectivity index (χ4v) is 4.77. The number of likely N-dealkylation sites (N-methyl/N-ethyl adjacent to an activating group) is 1. The van der Waals surface area contributed by atoms with Crippen molar-refractivity contribution < 1.29 is 23.1 Å². The standard InChI is InChI=1S/C24H29F2N5O3/c1-12(2)21-23(32)29-20-13(3)27-19(10-18(20)30(21)4)28-15-6-7-31(11-15)24(33)14-8-16(25)22(34-5)17(26)9-14/h8-10,12,15,21H,6-7,11H2,1-5H3,(H,27,28)(H,29,32)/t15-,21?/m1/s1. The fourth-order valence-electron chi connectivity index (χ4n) is 4.77. The van der Waals surface area contributed by atoms with Crippen molar-refractivity contribution in [3.8, 4) is 5.75 Å². The molecule has 34 heavy (non-hydrogen) atoms. The average Bonchev–Trinajstić information content (AvgIpc) is 3.22. The van der Waals surface area contributed by atoms with E-state index in [2.05, 4.69) is 20.4 Å². The van der Waals surface area contributed by atoms with Gasteiger partial charge in [-0.05, 0) is 31.4 Å². The van der Waals surface area contributed by atoms with Crippen LogP contribution in [-0.2, 0) is 4.79 Å². The summed E-state index contributed by atoms with van der Waals surface area (Å²) in [5, 5.41) is 6.35. The van der Waals surface area contributed by atoms with Gasteiger partial charge >= 0.3 is 0 Å². The maximum atomic E-state index is 14.0. The number of aryl methyl sites for hydroxylation is 1. The van der Waals surface area contributed by atoms with E-state index in [-0.39, 0.29) is 29.5 Å². The molecule has 1 aromatic carbocycles. The molecule has 2 N–H and O–H groups in total. The Morgan fingerprint density at radius 3 is 2.56 bits per heavy atom. The summed E-state index contributed by atoms with van der Waals surface area (Å²) in [5.74, 6) is -2.05. The maximum Gasteiger partial charge on any atom is 0.254 e. The number of halogens is 2. The first-order valence-corrected chi connectivity index (χ1v) is 11.2. The number of pyridine rings is 1. The number of methoxy groups -OCH3 is 1. The first kappa shape index (κ1) is 23.7. The van der Waals surface area contributed by atoms with Gasteiger partial charge in [-0.25, -0.2) is 13.8 Å². The van der Waals surface area contributed by atoms with E-state index in [0.29, 0.717) is 36.7 Å². The normalized spacial score (nSPS) is 19.8. The van der Waals surface area contributed by atoms with Gasteiger partial charge in [-0.3, -0.25) is 9.59 Å². The van der Waals surface area contributed by atoms with Crippen LogP contribution >= 0.6 is 0 Å². The largest absolute Gasteiger partial charge is 0.491 e. The highest BCUT2D eigenvalue weighted by Gasteiger charge is 2.35. The number of carbonyl (C=O) groups is 2. The Bertz CT molecular complexity index is 1120. The van der Waals surface area contributed by atoms with Crippen LogP contribution < -0.4 is 20.3 Å². The molecule has 1 unspecified atom stereocenters. The summed E-state index contributed by atoms with van der Waals surface area (Å²) >= 11 is 0. The smallest absolute Gasteiger partial charge is 0.254 e. The molecule has 10 heteroatoms. The van der Waals surface area contributed by atoms with Gasteiger partial charge in [0.25, 0.3) is 5.91 Å². The summed E-state index contributed by atoms with van der Waals surface area (Å²) in [6, 6.07) is 3.53. The van der Waals surface area contributed by atoms with Crippen LogP contribution in [0.3, 0.4) is 0 Å². The summed E-state index contributed by atoms with van der Waals surface area (Å²) in [5.41, 5.74) is 2.21. The zero-order chi connectivity index (χ0) is 24.7.